The number of halogens is 3. The van der Waals surface area contributed by atoms with E-state index < -0.39 is 18.6 Å². The topological polar surface area (TPSA) is 18.5 Å². The molecule has 2 aromatic rings. The van der Waals surface area contributed by atoms with Crippen molar-refractivity contribution >= 4 is 5.57 Å². The van der Waals surface area contributed by atoms with Gasteiger partial charge in [-0.1, -0.05) is 55.5 Å². The number of rotatable bonds is 3. The maximum Gasteiger partial charge on any atom is 0.183 e. The molecule has 1 saturated heterocycles. The van der Waals surface area contributed by atoms with Gasteiger partial charge in [0.25, 0.3) is 0 Å². The molecule has 0 spiro atoms. The second-order valence-corrected chi connectivity index (χ2v) is 7.76. The molecule has 1 fully saturated rings. The summed E-state index contributed by atoms with van der Waals surface area (Å²) in [6, 6.07) is 11.7. The third kappa shape index (κ3) is 4.02. The molecule has 152 valence electrons. The fourth-order valence-electron chi connectivity index (χ4n) is 3.60. The summed E-state index contributed by atoms with van der Waals surface area (Å²) in [6.07, 6.45) is -0.682. The zero-order chi connectivity index (χ0) is 20.5. The van der Waals surface area contributed by atoms with E-state index in [-0.39, 0.29) is 5.82 Å². The molecule has 1 aliphatic heterocycles. The Bertz CT molecular complexity index is 941. The number of allylic oxidation sites excluding steroid dienone is 4. The van der Waals surface area contributed by atoms with Gasteiger partial charge in [0.1, 0.15) is 5.82 Å². The summed E-state index contributed by atoms with van der Waals surface area (Å²) < 4.78 is 54.3. The van der Waals surface area contributed by atoms with Crippen LogP contribution in [0.1, 0.15) is 31.3 Å². The van der Waals surface area contributed by atoms with Gasteiger partial charge in [0.15, 0.2) is 18.6 Å². The van der Waals surface area contributed by atoms with Gasteiger partial charge in [-0.2, -0.15) is 0 Å². The third-order valence-corrected chi connectivity index (χ3v) is 5.37. The SMILES string of the molecule is CC1=CC=C(c2ccc(-c3ccc(C4OCC(C)CO4)cc3F)cc2)C(F)C1F. The first-order valence-corrected chi connectivity index (χ1v) is 9.74. The molecule has 0 aromatic heterocycles. The van der Waals surface area contributed by atoms with E-state index in [9.17, 15) is 13.2 Å². The van der Waals surface area contributed by atoms with Crippen LogP contribution >= 0.6 is 0 Å². The zero-order valence-corrected chi connectivity index (χ0v) is 16.4. The number of hydrogen-bond donors (Lipinski definition) is 0. The summed E-state index contributed by atoms with van der Waals surface area (Å²) in [6.45, 7) is 4.76. The van der Waals surface area contributed by atoms with Crippen LogP contribution in [0.25, 0.3) is 16.7 Å². The minimum atomic E-state index is -1.69. The maximum atomic E-state index is 14.7. The number of hydrogen-bond acceptors (Lipinski definition) is 2. The molecule has 0 N–H and O–H groups in total. The molecular weight excluding hydrogens is 377 g/mol. The van der Waals surface area contributed by atoms with E-state index in [0.717, 1.165) is 0 Å². The van der Waals surface area contributed by atoms with Gasteiger partial charge in [-0.15, -0.1) is 0 Å². The largest absolute Gasteiger partial charge is 0.348 e. The molecular formula is C24H23F3O2. The van der Waals surface area contributed by atoms with E-state index in [1.807, 2.05) is 6.92 Å². The molecule has 1 aliphatic carbocycles. The lowest BCUT2D eigenvalue weighted by Gasteiger charge is -2.27. The Kier molecular flexibility index (Phi) is 5.61. The average molecular weight is 400 g/mol. The first-order chi connectivity index (χ1) is 13.9. The van der Waals surface area contributed by atoms with Gasteiger partial charge in [0.2, 0.25) is 0 Å². The Labute approximate surface area is 168 Å². The Balaban J connectivity index is 1.55. The molecule has 5 heteroatoms. The molecule has 2 unspecified atom stereocenters. The lowest BCUT2D eigenvalue weighted by Crippen LogP contribution is -2.25. The number of ether oxygens (including phenoxy) is 2. The number of benzene rings is 2. The monoisotopic (exact) mass is 400 g/mol. The van der Waals surface area contributed by atoms with Crippen molar-refractivity contribution in [2.45, 2.75) is 32.5 Å². The van der Waals surface area contributed by atoms with Gasteiger partial charge in [-0.05, 0) is 35.3 Å². The summed E-state index contributed by atoms with van der Waals surface area (Å²) in [5.74, 6) is -0.0622. The van der Waals surface area contributed by atoms with Gasteiger partial charge in [0.05, 0.1) is 13.2 Å². The normalized spacial score (nSPS) is 27.3. The van der Waals surface area contributed by atoms with Crippen LogP contribution < -0.4 is 0 Å². The summed E-state index contributed by atoms with van der Waals surface area (Å²) in [7, 11) is 0. The van der Waals surface area contributed by atoms with Crippen LogP contribution in [0.3, 0.4) is 0 Å². The van der Waals surface area contributed by atoms with Gasteiger partial charge < -0.3 is 9.47 Å². The molecule has 1 heterocycles. The van der Waals surface area contributed by atoms with Crippen LogP contribution in [0.15, 0.2) is 60.2 Å². The second kappa shape index (κ2) is 8.17. The van der Waals surface area contributed by atoms with Crippen LogP contribution in [0.4, 0.5) is 13.2 Å². The summed E-state index contributed by atoms with van der Waals surface area (Å²) in [5, 5.41) is 0. The van der Waals surface area contributed by atoms with Gasteiger partial charge in [-0.3, -0.25) is 0 Å². The highest BCUT2D eigenvalue weighted by molar-refractivity contribution is 5.75. The van der Waals surface area contributed by atoms with Crippen LogP contribution in [-0.4, -0.2) is 25.6 Å². The van der Waals surface area contributed by atoms with Crippen LogP contribution in [0, 0.1) is 11.7 Å². The van der Waals surface area contributed by atoms with Gasteiger partial charge >= 0.3 is 0 Å². The molecule has 0 bridgehead atoms. The van der Waals surface area contributed by atoms with Crippen molar-refractivity contribution in [3.63, 3.8) is 0 Å². The fourth-order valence-corrected chi connectivity index (χ4v) is 3.60. The van der Waals surface area contributed by atoms with Crippen molar-refractivity contribution < 1.29 is 22.6 Å². The first-order valence-electron chi connectivity index (χ1n) is 9.74. The third-order valence-electron chi connectivity index (χ3n) is 5.37. The van der Waals surface area contributed by atoms with Crippen molar-refractivity contribution in [3.05, 3.63) is 77.1 Å². The van der Waals surface area contributed by atoms with E-state index in [2.05, 4.69) is 0 Å². The van der Waals surface area contributed by atoms with E-state index in [1.165, 1.54) is 6.07 Å². The van der Waals surface area contributed by atoms with Crippen LogP contribution in [0.2, 0.25) is 0 Å². The highest BCUT2D eigenvalue weighted by Crippen LogP contribution is 2.34. The van der Waals surface area contributed by atoms with Crippen molar-refractivity contribution in [2.75, 3.05) is 13.2 Å². The predicted molar refractivity (Wildman–Crippen MR) is 107 cm³/mol. The lowest BCUT2D eigenvalue weighted by molar-refractivity contribution is -0.202. The summed E-state index contributed by atoms with van der Waals surface area (Å²) in [5.41, 5.74) is 2.98. The van der Waals surface area contributed by atoms with E-state index in [4.69, 9.17) is 9.47 Å². The molecule has 0 saturated carbocycles. The summed E-state index contributed by atoms with van der Waals surface area (Å²) in [4.78, 5) is 0. The minimum absolute atomic E-state index is 0.297. The van der Waals surface area contributed by atoms with E-state index in [0.29, 0.717) is 52.5 Å². The molecule has 0 radical (unpaired) electrons. The van der Waals surface area contributed by atoms with E-state index in [1.54, 1.807) is 55.5 Å². The van der Waals surface area contributed by atoms with Crippen LogP contribution in [-0.2, 0) is 9.47 Å². The highest BCUT2D eigenvalue weighted by Gasteiger charge is 2.29. The Morgan fingerprint density at radius 3 is 2.17 bits per heavy atom. The smallest absolute Gasteiger partial charge is 0.183 e. The molecule has 2 aliphatic rings. The standard InChI is InChI=1S/C24H23F3O2/c1-14-12-28-24(29-13-14)18-8-10-19(21(25)11-18)16-4-6-17(7-5-16)20-9-3-15(2)22(26)23(20)27/h3-11,14,22-24H,12-13H2,1-2H3. The molecule has 2 atom stereocenters. The summed E-state index contributed by atoms with van der Waals surface area (Å²) >= 11 is 0. The Morgan fingerprint density at radius 2 is 1.52 bits per heavy atom. The Hall–Kier alpha value is -2.37. The predicted octanol–water partition coefficient (Wildman–Crippen LogP) is 6.19. The number of alkyl halides is 2. The zero-order valence-electron chi connectivity index (χ0n) is 16.4. The van der Waals surface area contributed by atoms with Crippen molar-refractivity contribution in [1.82, 2.24) is 0 Å². The second-order valence-electron chi connectivity index (χ2n) is 7.76. The van der Waals surface area contributed by atoms with Crippen molar-refractivity contribution in [3.8, 4) is 11.1 Å². The first kappa shape index (κ1) is 19.9. The van der Waals surface area contributed by atoms with Crippen molar-refractivity contribution in [1.29, 1.82) is 0 Å². The molecule has 0 amide bonds. The molecule has 29 heavy (non-hydrogen) atoms. The quantitative estimate of drug-likeness (QED) is 0.611. The van der Waals surface area contributed by atoms with Gasteiger partial charge in [0, 0.05) is 17.0 Å². The minimum Gasteiger partial charge on any atom is -0.348 e. The molecule has 4 rings (SSSR count). The maximum absolute atomic E-state index is 14.7. The van der Waals surface area contributed by atoms with Crippen molar-refractivity contribution in [2.24, 2.45) is 5.92 Å². The fraction of sp³-hybridized carbons (Fsp3) is 0.333. The molecule has 2 nitrogen and oxygen atoms in total. The van der Waals surface area contributed by atoms with Gasteiger partial charge in [-0.25, -0.2) is 13.2 Å². The molecule has 2 aromatic carbocycles. The average Bonchev–Trinajstić information content (AvgIpc) is 2.73. The van der Waals surface area contributed by atoms with E-state index >= 15 is 0 Å². The van der Waals surface area contributed by atoms with Crippen LogP contribution in [0.5, 0.6) is 0 Å². The lowest BCUT2D eigenvalue weighted by atomic mass is 9.90. The Morgan fingerprint density at radius 1 is 0.862 bits per heavy atom. The highest BCUT2D eigenvalue weighted by atomic mass is 19.2.